The number of hydrogen-bond acceptors (Lipinski definition) is 3. The maximum absolute atomic E-state index is 13.2. The zero-order valence-corrected chi connectivity index (χ0v) is 16.6. The highest BCUT2D eigenvalue weighted by Crippen LogP contribution is 2.19. The van der Waals surface area contributed by atoms with E-state index in [2.05, 4.69) is 15.4 Å². The van der Waals surface area contributed by atoms with E-state index in [4.69, 9.17) is 12.2 Å². The van der Waals surface area contributed by atoms with Crippen molar-refractivity contribution in [1.82, 2.24) is 0 Å². The Bertz CT molecular complexity index is 1080. The van der Waals surface area contributed by atoms with Crippen molar-refractivity contribution in [2.75, 3.05) is 15.4 Å². The van der Waals surface area contributed by atoms with Crippen molar-refractivity contribution < 1.29 is 12.8 Å². The van der Waals surface area contributed by atoms with E-state index in [0.29, 0.717) is 22.2 Å². The van der Waals surface area contributed by atoms with Crippen molar-refractivity contribution >= 4 is 44.4 Å². The van der Waals surface area contributed by atoms with Crippen LogP contribution in [0.4, 0.5) is 21.5 Å². The topological polar surface area (TPSA) is 70.2 Å². The van der Waals surface area contributed by atoms with Gasteiger partial charge in [-0.1, -0.05) is 23.8 Å². The number of anilines is 3. The first-order chi connectivity index (χ1) is 13.3. The van der Waals surface area contributed by atoms with Crippen LogP contribution >= 0.6 is 12.2 Å². The van der Waals surface area contributed by atoms with Crippen molar-refractivity contribution in [3.8, 4) is 0 Å². The van der Waals surface area contributed by atoms with E-state index in [1.165, 1.54) is 12.1 Å². The van der Waals surface area contributed by atoms with Crippen molar-refractivity contribution in [3.05, 3.63) is 84.2 Å². The second-order valence-electron chi connectivity index (χ2n) is 6.09. The van der Waals surface area contributed by atoms with Crippen LogP contribution in [0.2, 0.25) is 0 Å². The van der Waals surface area contributed by atoms with Gasteiger partial charge in [0.05, 0.1) is 4.90 Å². The number of thiocarbonyl (C=S) groups is 1. The normalized spacial score (nSPS) is 10.9. The fourth-order valence-electron chi connectivity index (χ4n) is 2.41. The molecule has 3 aromatic carbocycles. The number of sulfonamides is 1. The summed E-state index contributed by atoms with van der Waals surface area (Å²) >= 11 is 5.20. The smallest absolute Gasteiger partial charge is 0.261 e. The lowest BCUT2D eigenvalue weighted by Crippen LogP contribution is -2.19. The first kappa shape index (κ1) is 19.8. The molecule has 0 aliphatic rings. The second-order valence-corrected chi connectivity index (χ2v) is 8.18. The SMILES string of the molecule is Cc1ccc(S(=O)(=O)Nc2ccc(NC(=S)Nc3cccc(F)c3)cc2)cc1. The lowest BCUT2D eigenvalue weighted by atomic mass is 10.2. The first-order valence-electron chi connectivity index (χ1n) is 8.35. The highest BCUT2D eigenvalue weighted by molar-refractivity contribution is 7.92. The molecule has 0 aliphatic heterocycles. The first-order valence-corrected chi connectivity index (χ1v) is 10.2. The molecular formula is C20H18FN3O2S2. The van der Waals surface area contributed by atoms with Crippen LogP contribution in [-0.2, 0) is 10.0 Å². The third-order valence-corrected chi connectivity index (χ3v) is 5.41. The standard InChI is InChI=1S/C20H18FN3O2S2/c1-14-5-11-19(12-6-14)28(25,26)24-17-9-7-16(8-10-17)22-20(27)23-18-4-2-3-15(21)13-18/h2-13,24H,1H3,(H2,22,23,27). The molecule has 3 rings (SSSR count). The monoisotopic (exact) mass is 415 g/mol. The molecule has 0 heterocycles. The van der Waals surface area contributed by atoms with Gasteiger partial charge < -0.3 is 10.6 Å². The summed E-state index contributed by atoms with van der Waals surface area (Å²) in [4.78, 5) is 0.195. The van der Waals surface area contributed by atoms with Gasteiger partial charge in [-0.05, 0) is 73.7 Å². The van der Waals surface area contributed by atoms with E-state index in [-0.39, 0.29) is 10.7 Å². The molecule has 0 saturated carbocycles. The van der Waals surface area contributed by atoms with Crippen molar-refractivity contribution in [1.29, 1.82) is 0 Å². The molecule has 144 valence electrons. The quantitative estimate of drug-likeness (QED) is 0.525. The van der Waals surface area contributed by atoms with Gasteiger partial charge in [0.25, 0.3) is 10.0 Å². The van der Waals surface area contributed by atoms with Crippen LogP contribution in [0.3, 0.4) is 0 Å². The minimum Gasteiger partial charge on any atom is -0.332 e. The Kier molecular flexibility index (Phi) is 5.91. The predicted octanol–water partition coefficient (Wildman–Crippen LogP) is 4.74. The van der Waals surface area contributed by atoms with Gasteiger partial charge in [0.1, 0.15) is 5.82 Å². The minimum absolute atomic E-state index is 0.195. The van der Waals surface area contributed by atoms with E-state index < -0.39 is 10.0 Å². The van der Waals surface area contributed by atoms with Crippen LogP contribution in [0.25, 0.3) is 0 Å². The van der Waals surface area contributed by atoms with E-state index in [9.17, 15) is 12.8 Å². The van der Waals surface area contributed by atoms with Crippen LogP contribution < -0.4 is 15.4 Å². The fraction of sp³-hybridized carbons (Fsp3) is 0.0500. The molecular weight excluding hydrogens is 397 g/mol. The molecule has 3 N–H and O–H groups in total. The summed E-state index contributed by atoms with van der Waals surface area (Å²) in [7, 11) is -3.65. The maximum Gasteiger partial charge on any atom is 0.261 e. The number of halogens is 1. The largest absolute Gasteiger partial charge is 0.332 e. The highest BCUT2D eigenvalue weighted by Gasteiger charge is 2.13. The van der Waals surface area contributed by atoms with Gasteiger partial charge in [-0.3, -0.25) is 4.72 Å². The minimum atomic E-state index is -3.65. The summed E-state index contributed by atoms with van der Waals surface area (Å²) in [6.45, 7) is 1.89. The molecule has 0 amide bonds. The third kappa shape index (κ3) is 5.28. The molecule has 28 heavy (non-hydrogen) atoms. The van der Waals surface area contributed by atoms with Gasteiger partial charge in [-0.25, -0.2) is 12.8 Å². The third-order valence-electron chi connectivity index (χ3n) is 3.81. The average Bonchev–Trinajstić information content (AvgIpc) is 2.63. The Morgan fingerprint density at radius 1 is 0.857 bits per heavy atom. The molecule has 0 fully saturated rings. The van der Waals surface area contributed by atoms with Gasteiger partial charge in [0, 0.05) is 17.1 Å². The molecule has 5 nitrogen and oxygen atoms in total. The molecule has 8 heteroatoms. The zero-order chi connectivity index (χ0) is 20.1. The highest BCUT2D eigenvalue weighted by atomic mass is 32.2. The van der Waals surface area contributed by atoms with Crippen LogP contribution in [0.5, 0.6) is 0 Å². The van der Waals surface area contributed by atoms with Crippen LogP contribution in [0.15, 0.2) is 77.7 Å². The van der Waals surface area contributed by atoms with Crippen LogP contribution in [0.1, 0.15) is 5.56 Å². The molecule has 0 atom stereocenters. The molecule has 0 aromatic heterocycles. The van der Waals surface area contributed by atoms with Crippen LogP contribution in [0, 0.1) is 12.7 Å². The molecule has 0 spiro atoms. The zero-order valence-electron chi connectivity index (χ0n) is 14.9. The Hall–Kier alpha value is -2.97. The van der Waals surface area contributed by atoms with Gasteiger partial charge in [-0.15, -0.1) is 0 Å². The van der Waals surface area contributed by atoms with Gasteiger partial charge in [0.2, 0.25) is 0 Å². The van der Waals surface area contributed by atoms with Gasteiger partial charge >= 0.3 is 0 Å². The van der Waals surface area contributed by atoms with Crippen LogP contribution in [-0.4, -0.2) is 13.5 Å². The second kappa shape index (κ2) is 8.37. The maximum atomic E-state index is 13.2. The summed E-state index contributed by atoms with van der Waals surface area (Å²) in [5, 5.41) is 6.13. The molecule has 0 bridgehead atoms. The molecule has 0 radical (unpaired) electrons. The summed E-state index contributed by atoms with van der Waals surface area (Å²) in [6, 6.07) is 19.2. The number of benzene rings is 3. The van der Waals surface area contributed by atoms with Crippen molar-refractivity contribution in [2.24, 2.45) is 0 Å². The Balaban J connectivity index is 1.63. The van der Waals surface area contributed by atoms with E-state index >= 15 is 0 Å². The summed E-state index contributed by atoms with van der Waals surface area (Å²) < 4.78 is 40.6. The van der Waals surface area contributed by atoms with Crippen molar-refractivity contribution in [2.45, 2.75) is 11.8 Å². The lowest BCUT2D eigenvalue weighted by molar-refractivity contribution is 0.601. The van der Waals surface area contributed by atoms with E-state index in [1.807, 2.05) is 6.92 Å². The van der Waals surface area contributed by atoms with Gasteiger partial charge in [-0.2, -0.15) is 0 Å². The summed E-state index contributed by atoms with van der Waals surface area (Å²) in [5.74, 6) is -0.363. The number of nitrogens with one attached hydrogen (secondary N) is 3. The Morgan fingerprint density at radius 2 is 1.46 bits per heavy atom. The lowest BCUT2D eigenvalue weighted by Gasteiger charge is -2.12. The number of aryl methyl sites for hydroxylation is 1. The molecule has 0 unspecified atom stereocenters. The number of hydrogen-bond donors (Lipinski definition) is 3. The fourth-order valence-corrected chi connectivity index (χ4v) is 3.71. The molecule has 0 aliphatic carbocycles. The molecule has 0 saturated heterocycles. The Morgan fingerprint density at radius 3 is 2.11 bits per heavy atom. The summed E-state index contributed by atoms with van der Waals surface area (Å²) in [6.07, 6.45) is 0. The van der Waals surface area contributed by atoms with Gasteiger partial charge in [0.15, 0.2) is 5.11 Å². The van der Waals surface area contributed by atoms with E-state index in [1.54, 1.807) is 60.7 Å². The average molecular weight is 416 g/mol. The van der Waals surface area contributed by atoms with E-state index in [0.717, 1.165) is 5.56 Å². The number of rotatable bonds is 5. The predicted molar refractivity (Wildman–Crippen MR) is 115 cm³/mol. The summed E-state index contributed by atoms with van der Waals surface area (Å²) in [5.41, 5.74) is 2.60. The van der Waals surface area contributed by atoms with Crippen molar-refractivity contribution in [3.63, 3.8) is 0 Å². The Labute approximate surface area is 168 Å². The molecule has 3 aromatic rings.